The quantitative estimate of drug-likeness (QED) is 0.723. The van der Waals surface area contributed by atoms with Crippen molar-refractivity contribution in [2.45, 2.75) is 17.4 Å². The van der Waals surface area contributed by atoms with Crippen LogP contribution in [0.2, 0.25) is 0 Å². The van der Waals surface area contributed by atoms with Crippen LogP contribution in [-0.4, -0.2) is 47.0 Å². The lowest BCUT2D eigenvalue weighted by Crippen LogP contribution is -2.35. The largest absolute Gasteiger partial charge is 0.447 e. The van der Waals surface area contributed by atoms with Gasteiger partial charge in [0.15, 0.2) is 16.4 Å². The molecule has 0 bridgehead atoms. The topological polar surface area (TPSA) is 130 Å². The third-order valence-corrected chi connectivity index (χ3v) is 6.53. The summed E-state index contributed by atoms with van der Waals surface area (Å²) in [5.74, 6) is -0.986. The van der Waals surface area contributed by atoms with E-state index in [1.54, 1.807) is 6.07 Å². The Balaban J connectivity index is 2.09. The van der Waals surface area contributed by atoms with Gasteiger partial charge in [0.25, 0.3) is 0 Å². The number of nitrogens with one attached hydrogen (secondary N) is 1. The van der Waals surface area contributed by atoms with Crippen LogP contribution in [0.15, 0.2) is 29.2 Å². The molecule has 0 radical (unpaired) electrons. The van der Waals surface area contributed by atoms with Gasteiger partial charge < -0.3 is 4.74 Å². The molecule has 1 saturated heterocycles. The molecule has 1 atom stereocenters. The Labute approximate surface area is 134 Å². The number of esters is 1. The lowest BCUT2D eigenvalue weighted by Gasteiger charge is -2.11. The van der Waals surface area contributed by atoms with Crippen molar-refractivity contribution in [3.05, 3.63) is 29.8 Å². The van der Waals surface area contributed by atoms with Crippen LogP contribution in [0.3, 0.4) is 0 Å². The fourth-order valence-electron chi connectivity index (χ4n) is 2.13. The number of carbonyl (C=O) groups is 1. The van der Waals surface area contributed by atoms with Crippen LogP contribution in [0.1, 0.15) is 16.8 Å². The van der Waals surface area contributed by atoms with Crippen LogP contribution in [0.5, 0.6) is 0 Å². The fraction of sp³-hybridized carbons (Fsp3) is 0.385. The second kappa shape index (κ2) is 6.66. The number of nitrogens with zero attached hydrogens (tertiary/aromatic N) is 1. The van der Waals surface area contributed by atoms with E-state index in [0.29, 0.717) is 0 Å². The van der Waals surface area contributed by atoms with Gasteiger partial charge in [-0.25, -0.2) is 26.4 Å². The van der Waals surface area contributed by atoms with Crippen molar-refractivity contribution < 1.29 is 26.4 Å². The maximum Gasteiger partial charge on any atom is 0.339 e. The highest BCUT2D eigenvalue weighted by atomic mass is 32.2. The average Bonchev–Trinajstić information content (AvgIpc) is 2.83. The molecule has 0 aliphatic carbocycles. The Morgan fingerprint density at radius 3 is 2.52 bits per heavy atom. The van der Waals surface area contributed by atoms with Gasteiger partial charge in [-0.15, -0.1) is 0 Å². The van der Waals surface area contributed by atoms with E-state index >= 15 is 0 Å². The molecule has 1 N–H and O–H groups in total. The van der Waals surface area contributed by atoms with E-state index in [9.17, 15) is 21.6 Å². The molecule has 1 aliphatic heterocycles. The molecule has 0 saturated carbocycles. The van der Waals surface area contributed by atoms with Crippen molar-refractivity contribution in [3.63, 3.8) is 0 Å². The van der Waals surface area contributed by atoms with Crippen molar-refractivity contribution in [1.29, 1.82) is 5.26 Å². The molecule has 8 nitrogen and oxygen atoms in total. The number of hydrogen-bond acceptors (Lipinski definition) is 7. The molecule has 1 aliphatic rings. The summed E-state index contributed by atoms with van der Waals surface area (Å²) in [6, 6.07) is 5.97. The van der Waals surface area contributed by atoms with Gasteiger partial charge >= 0.3 is 5.97 Å². The third-order valence-electron chi connectivity index (χ3n) is 3.22. The maximum absolute atomic E-state index is 12.2. The molecule has 0 amide bonds. The summed E-state index contributed by atoms with van der Waals surface area (Å²) >= 11 is 0. The van der Waals surface area contributed by atoms with Gasteiger partial charge in [0, 0.05) is 6.04 Å². The van der Waals surface area contributed by atoms with E-state index in [0.717, 1.165) is 0 Å². The number of carbonyl (C=O) groups excluding carboxylic acids is 1. The van der Waals surface area contributed by atoms with E-state index < -0.39 is 38.5 Å². The first kappa shape index (κ1) is 17.4. The Hall–Kier alpha value is -1.96. The van der Waals surface area contributed by atoms with Gasteiger partial charge in [-0.3, -0.25) is 0 Å². The lowest BCUT2D eigenvalue weighted by molar-refractivity contribution is 0.0555. The van der Waals surface area contributed by atoms with E-state index in [1.807, 2.05) is 0 Å². The van der Waals surface area contributed by atoms with Crippen molar-refractivity contribution >= 4 is 25.8 Å². The van der Waals surface area contributed by atoms with Gasteiger partial charge in [0.2, 0.25) is 10.0 Å². The predicted octanol–water partition coefficient (Wildman–Crippen LogP) is -0.168. The molecule has 124 valence electrons. The van der Waals surface area contributed by atoms with Crippen molar-refractivity contribution in [2.75, 3.05) is 18.1 Å². The first-order valence-electron chi connectivity index (χ1n) is 6.60. The summed E-state index contributed by atoms with van der Waals surface area (Å²) in [5.41, 5.74) is 0.114. The molecular formula is C13H14N2O6S2. The molecule has 1 fully saturated rings. The van der Waals surface area contributed by atoms with Gasteiger partial charge in [-0.1, -0.05) is 0 Å². The SMILES string of the molecule is N#CCOC(=O)c1ccc(S(=O)(=O)NC2CCS(=O)(=O)C2)cc1. The summed E-state index contributed by atoms with van der Waals surface area (Å²) in [6.07, 6.45) is 0.236. The third kappa shape index (κ3) is 4.51. The van der Waals surface area contributed by atoms with E-state index in [1.165, 1.54) is 24.3 Å². The number of nitriles is 1. The normalized spacial score (nSPS) is 19.9. The van der Waals surface area contributed by atoms with Gasteiger partial charge in [-0.2, -0.15) is 5.26 Å². The van der Waals surface area contributed by atoms with E-state index in [2.05, 4.69) is 9.46 Å². The zero-order valence-electron chi connectivity index (χ0n) is 11.9. The van der Waals surface area contributed by atoms with E-state index in [-0.39, 0.29) is 28.4 Å². The van der Waals surface area contributed by atoms with Crippen molar-refractivity contribution in [2.24, 2.45) is 0 Å². The number of hydrogen-bond donors (Lipinski definition) is 1. The molecule has 1 heterocycles. The average molecular weight is 358 g/mol. The monoisotopic (exact) mass is 358 g/mol. The molecule has 10 heteroatoms. The van der Waals surface area contributed by atoms with Gasteiger partial charge in [0.1, 0.15) is 6.07 Å². The molecule has 1 aromatic rings. The second-order valence-electron chi connectivity index (χ2n) is 4.98. The van der Waals surface area contributed by atoms with Crippen LogP contribution < -0.4 is 4.72 Å². The molecular weight excluding hydrogens is 344 g/mol. The van der Waals surface area contributed by atoms with Crippen LogP contribution in [0, 0.1) is 11.3 Å². The maximum atomic E-state index is 12.2. The molecule has 0 aromatic heterocycles. The van der Waals surface area contributed by atoms with Crippen LogP contribution in [0.4, 0.5) is 0 Å². The second-order valence-corrected chi connectivity index (χ2v) is 8.92. The zero-order chi connectivity index (χ0) is 17.1. The van der Waals surface area contributed by atoms with E-state index in [4.69, 9.17) is 5.26 Å². The summed E-state index contributed by atoms with van der Waals surface area (Å²) in [7, 11) is -7.06. The van der Waals surface area contributed by atoms with Crippen molar-refractivity contribution in [3.8, 4) is 6.07 Å². The number of benzene rings is 1. The smallest absolute Gasteiger partial charge is 0.339 e. The molecule has 23 heavy (non-hydrogen) atoms. The summed E-state index contributed by atoms with van der Waals surface area (Å²) in [6.45, 7) is -0.392. The van der Waals surface area contributed by atoms with Gasteiger partial charge in [-0.05, 0) is 30.7 Å². The Morgan fingerprint density at radius 1 is 1.35 bits per heavy atom. The zero-order valence-corrected chi connectivity index (χ0v) is 13.6. The van der Waals surface area contributed by atoms with Crippen LogP contribution in [-0.2, 0) is 24.6 Å². The summed E-state index contributed by atoms with van der Waals surface area (Å²) in [4.78, 5) is 11.4. The molecule has 2 rings (SSSR count). The van der Waals surface area contributed by atoms with Crippen molar-refractivity contribution in [1.82, 2.24) is 4.72 Å². The summed E-state index contributed by atoms with van der Waals surface area (Å²) < 4.78 is 54.0. The molecule has 1 aromatic carbocycles. The lowest BCUT2D eigenvalue weighted by atomic mass is 10.2. The summed E-state index contributed by atoms with van der Waals surface area (Å²) in [5, 5.41) is 8.33. The highest BCUT2D eigenvalue weighted by Gasteiger charge is 2.31. The predicted molar refractivity (Wildman–Crippen MR) is 79.7 cm³/mol. The minimum absolute atomic E-state index is 0.0378. The number of sulfone groups is 1. The number of ether oxygens (including phenoxy) is 1. The minimum atomic E-state index is -3.87. The first-order valence-corrected chi connectivity index (χ1v) is 9.91. The minimum Gasteiger partial charge on any atom is -0.447 e. The standard InChI is InChI=1S/C13H14N2O6S2/c14-6-7-21-13(16)10-1-3-12(4-2-10)23(19,20)15-11-5-8-22(17,18)9-11/h1-4,11,15H,5,7-9H2. The Bertz CT molecular complexity index is 837. The number of sulfonamides is 1. The number of rotatable bonds is 5. The Kier molecular flexibility index (Phi) is 5.03. The van der Waals surface area contributed by atoms with Gasteiger partial charge in [0.05, 0.1) is 22.0 Å². The molecule has 1 unspecified atom stereocenters. The Morgan fingerprint density at radius 2 is 2.00 bits per heavy atom. The van der Waals surface area contributed by atoms with Crippen LogP contribution in [0.25, 0.3) is 0 Å². The fourth-order valence-corrected chi connectivity index (χ4v) is 5.18. The van der Waals surface area contributed by atoms with Crippen LogP contribution >= 0.6 is 0 Å². The first-order chi connectivity index (χ1) is 10.7. The highest BCUT2D eigenvalue weighted by molar-refractivity contribution is 7.92. The molecule has 0 spiro atoms. The highest BCUT2D eigenvalue weighted by Crippen LogP contribution is 2.16.